The summed E-state index contributed by atoms with van der Waals surface area (Å²) >= 11 is 1.64. The fraction of sp³-hybridized carbons (Fsp3) is 0.375. The van der Waals surface area contributed by atoms with Crippen LogP contribution in [0, 0.1) is 6.92 Å². The maximum absolute atomic E-state index is 11.8. The standard InChI is InChI=1S/C16H21N3OS/c1-4-11(2)17-9-16(20)19-14-7-5-13(6-8-14)15-10-21-12(3)18-15/h5-8,10-11,17H,4,9H2,1-3H3,(H,19,20). The van der Waals surface area contributed by atoms with E-state index in [9.17, 15) is 4.79 Å². The molecule has 1 atom stereocenters. The molecular weight excluding hydrogens is 282 g/mol. The highest BCUT2D eigenvalue weighted by Gasteiger charge is 2.06. The minimum atomic E-state index is -0.0208. The zero-order valence-electron chi connectivity index (χ0n) is 12.6. The van der Waals surface area contributed by atoms with Crippen LogP contribution >= 0.6 is 11.3 Å². The van der Waals surface area contributed by atoms with E-state index in [1.54, 1.807) is 11.3 Å². The van der Waals surface area contributed by atoms with E-state index in [2.05, 4.69) is 29.5 Å². The molecule has 0 aliphatic rings. The fourth-order valence-corrected chi connectivity index (χ4v) is 2.46. The average molecular weight is 303 g/mol. The van der Waals surface area contributed by atoms with E-state index < -0.39 is 0 Å². The van der Waals surface area contributed by atoms with Gasteiger partial charge in [0.25, 0.3) is 0 Å². The van der Waals surface area contributed by atoms with Crippen LogP contribution in [-0.4, -0.2) is 23.5 Å². The Balaban J connectivity index is 1.92. The molecule has 1 amide bonds. The first kappa shape index (κ1) is 15.7. The first-order valence-electron chi connectivity index (χ1n) is 7.14. The summed E-state index contributed by atoms with van der Waals surface area (Å²) in [7, 11) is 0. The van der Waals surface area contributed by atoms with Gasteiger partial charge in [-0.3, -0.25) is 4.79 Å². The van der Waals surface area contributed by atoms with Crippen molar-refractivity contribution in [2.75, 3.05) is 11.9 Å². The number of hydrogen-bond acceptors (Lipinski definition) is 4. The molecule has 1 aromatic carbocycles. The molecule has 0 saturated heterocycles. The Kier molecular flexibility index (Phi) is 5.47. The maximum atomic E-state index is 11.8. The molecule has 112 valence electrons. The monoisotopic (exact) mass is 303 g/mol. The molecule has 4 nitrogen and oxygen atoms in total. The number of amides is 1. The van der Waals surface area contributed by atoms with Crippen LogP contribution < -0.4 is 10.6 Å². The number of nitrogens with zero attached hydrogens (tertiary/aromatic N) is 1. The highest BCUT2D eigenvalue weighted by atomic mass is 32.1. The Morgan fingerprint density at radius 1 is 1.33 bits per heavy atom. The summed E-state index contributed by atoms with van der Waals surface area (Å²) in [5.74, 6) is -0.0208. The molecular formula is C16H21N3OS. The Bertz CT molecular complexity index is 592. The van der Waals surface area contributed by atoms with Gasteiger partial charge in [0.1, 0.15) is 0 Å². The molecule has 1 unspecified atom stereocenters. The number of anilines is 1. The summed E-state index contributed by atoms with van der Waals surface area (Å²) in [4.78, 5) is 16.3. The molecule has 21 heavy (non-hydrogen) atoms. The Labute approximate surface area is 129 Å². The van der Waals surface area contributed by atoms with E-state index in [0.717, 1.165) is 28.4 Å². The summed E-state index contributed by atoms with van der Waals surface area (Å²) in [6.45, 7) is 6.49. The van der Waals surface area contributed by atoms with Crippen molar-refractivity contribution in [3.8, 4) is 11.3 Å². The largest absolute Gasteiger partial charge is 0.325 e. The van der Waals surface area contributed by atoms with Gasteiger partial charge in [0, 0.05) is 22.7 Å². The molecule has 0 bridgehead atoms. The van der Waals surface area contributed by atoms with Crippen molar-refractivity contribution in [3.05, 3.63) is 34.7 Å². The first-order chi connectivity index (χ1) is 10.1. The summed E-state index contributed by atoms with van der Waals surface area (Å²) in [5, 5.41) is 9.15. The van der Waals surface area contributed by atoms with Crippen molar-refractivity contribution < 1.29 is 4.79 Å². The van der Waals surface area contributed by atoms with Crippen LogP contribution in [0.25, 0.3) is 11.3 Å². The SMILES string of the molecule is CCC(C)NCC(=O)Nc1ccc(-c2csc(C)n2)cc1. The van der Waals surface area contributed by atoms with E-state index in [4.69, 9.17) is 0 Å². The van der Waals surface area contributed by atoms with Crippen molar-refractivity contribution in [1.82, 2.24) is 10.3 Å². The van der Waals surface area contributed by atoms with Crippen LogP contribution in [0.3, 0.4) is 0 Å². The number of carbonyl (C=O) groups excluding carboxylic acids is 1. The molecule has 0 spiro atoms. The molecule has 0 aliphatic carbocycles. The average Bonchev–Trinajstić information content (AvgIpc) is 2.92. The molecule has 0 radical (unpaired) electrons. The van der Waals surface area contributed by atoms with E-state index in [1.165, 1.54) is 0 Å². The van der Waals surface area contributed by atoms with Gasteiger partial charge in [-0.1, -0.05) is 19.1 Å². The van der Waals surface area contributed by atoms with Crippen LogP contribution in [0.2, 0.25) is 0 Å². The zero-order valence-corrected chi connectivity index (χ0v) is 13.5. The second kappa shape index (κ2) is 7.33. The van der Waals surface area contributed by atoms with Crippen LogP contribution in [0.4, 0.5) is 5.69 Å². The number of benzene rings is 1. The predicted molar refractivity (Wildman–Crippen MR) is 88.7 cm³/mol. The Hall–Kier alpha value is -1.72. The van der Waals surface area contributed by atoms with Crippen LogP contribution in [-0.2, 0) is 4.79 Å². The summed E-state index contributed by atoms with van der Waals surface area (Å²) in [5.41, 5.74) is 2.85. The molecule has 1 heterocycles. The fourth-order valence-electron chi connectivity index (χ4n) is 1.84. The van der Waals surface area contributed by atoms with Crippen molar-refractivity contribution in [2.45, 2.75) is 33.2 Å². The topological polar surface area (TPSA) is 54.0 Å². The van der Waals surface area contributed by atoms with Crippen LogP contribution in [0.15, 0.2) is 29.6 Å². The van der Waals surface area contributed by atoms with Crippen molar-refractivity contribution in [1.29, 1.82) is 0 Å². The highest BCUT2D eigenvalue weighted by Crippen LogP contribution is 2.22. The Morgan fingerprint density at radius 3 is 2.62 bits per heavy atom. The summed E-state index contributed by atoms with van der Waals surface area (Å²) in [6.07, 6.45) is 1.01. The maximum Gasteiger partial charge on any atom is 0.238 e. The van der Waals surface area contributed by atoms with Gasteiger partial charge in [0.15, 0.2) is 0 Å². The van der Waals surface area contributed by atoms with Gasteiger partial charge in [0.05, 0.1) is 17.2 Å². The smallest absolute Gasteiger partial charge is 0.238 e. The van der Waals surface area contributed by atoms with Gasteiger partial charge < -0.3 is 10.6 Å². The molecule has 2 rings (SSSR count). The first-order valence-corrected chi connectivity index (χ1v) is 8.02. The lowest BCUT2D eigenvalue weighted by atomic mass is 10.1. The van der Waals surface area contributed by atoms with Crippen molar-refractivity contribution in [3.63, 3.8) is 0 Å². The third-order valence-corrected chi connectivity index (χ3v) is 4.08. The second-order valence-electron chi connectivity index (χ2n) is 5.07. The number of hydrogen-bond donors (Lipinski definition) is 2. The molecule has 1 aromatic heterocycles. The second-order valence-corrected chi connectivity index (χ2v) is 6.13. The lowest BCUT2D eigenvalue weighted by Gasteiger charge is -2.11. The normalized spacial score (nSPS) is 12.1. The third-order valence-electron chi connectivity index (χ3n) is 3.31. The van der Waals surface area contributed by atoms with Gasteiger partial charge in [-0.25, -0.2) is 4.98 Å². The molecule has 0 fully saturated rings. The van der Waals surface area contributed by atoms with Crippen LogP contribution in [0.5, 0.6) is 0 Å². The minimum absolute atomic E-state index is 0.0208. The molecule has 2 N–H and O–H groups in total. The summed E-state index contributed by atoms with van der Waals surface area (Å²) < 4.78 is 0. The Morgan fingerprint density at radius 2 is 2.05 bits per heavy atom. The van der Waals surface area contributed by atoms with Crippen LogP contribution in [0.1, 0.15) is 25.3 Å². The van der Waals surface area contributed by atoms with E-state index in [-0.39, 0.29) is 5.91 Å². The number of carbonyl (C=O) groups is 1. The van der Waals surface area contributed by atoms with Gasteiger partial charge in [-0.2, -0.15) is 0 Å². The van der Waals surface area contributed by atoms with Gasteiger partial charge >= 0.3 is 0 Å². The minimum Gasteiger partial charge on any atom is -0.325 e. The molecule has 2 aromatic rings. The third kappa shape index (κ3) is 4.65. The predicted octanol–water partition coefficient (Wildman–Crippen LogP) is 3.45. The summed E-state index contributed by atoms with van der Waals surface area (Å²) in [6, 6.07) is 8.13. The van der Waals surface area contributed by atoms with E-state index in [0.29, 0.717) is 12.6 Å². The highest BCUT2D eigenvalue weighted by molar-refractivity contribution is 7.09. The van der Waals surface area contributed by atoms with E-state index in [1.807, 2.05) is 36.6 Å². The quantitative estimate of drug-likeness (QED) is 0.859. The number of rotatable bonds is 6. The van der Waals surface area contributed by atoms with Gasteiger partial charge in [-0.05, 0) is 32.4 Å². The number of aromatic nitrogens is 1. The number of thiazole rings is 1. The van der Waals surface area contributed by atoms with Crippen molar-refractivity contribution >= 4 is 22.9 Å². The van der Waals surface area contributed by atoms with Crippen molar-refractivity contribution in [2.24, 2.45) is 0 Å². The van der Waals surface area contributed by atoms with E-state index >= 15 is 0 Å². The number of nitrogens with one attached hydrogen (secondary N) is 2. The lowest BCUT2D eigenvalue weighted by Crippen LogP contribution is -2.33. The molecule has 0 saturated carbocycles. The number of aryl methyl sites for hydroxylation is 1. The lowest BCUT2D eigenvalue weighted by molar-refractivity contribution is -0.115. The molecule has 0 aliphatic heterocycles. The molecule has 5 heteroatoms. The van der Waals surface area contributed by atoms with Gasteiger partial charge in [-0.15, -0.1) is 11.3 Å². The van der Waals surface area contributed by atoms with Gasteiger partial charge in [0.2, 0.25) is 5.91 Å². The zero-order chi connectivity index (χ0) is 15.2.